The Bertz CT molecular complexity index is 1830. The Morgan fingerprint density at radius 2 is 1.90 bits per heavy atom. The van der Waals surface area contributed by atoms with Crippen LogP contribution < -0.4 is 15.0 Å². The zero-order chi connectivity index (χ0) is 28.4. The third-order valence-corrected chi connectivity index (χ3v) is 6.19. The molecular weight excluding hydrogens is 557 g/mol. The van der Waals surface area contributed by atoms with Crippen LogP contribution in [0, 0.1) is 0 Å². The molecule has 0 aliphatic heterocycles. The van der Waals surface area contributed by atoms with Crippen molar-refractivity contribution in [3.63, 3.8) is 0 Å². The summed E-state index contributed by atoms with van der Waals surface area (Å²) in [4.78, 5) is 30.4. The zero-order valence-corrected chi connectivity index (χ0v) is 23.2. The molecule has 5 aromatic rings. The Labute approximate surface area is 238 Å². The lowest BCUT2D eigenvalue weighted by molar-refractivity contribution is -0.149. The summed E-state index contributed by atoms with van der Waals surface area (Å²) < 4.78 is 23.5. The second kappa shape index (κ2) is 11.4. The van der Waals surface area contributed by atoms with Crippen LogP contribution in [0.15, 0.2) is 75.0 Å². The zero-order valence-electron chi connectivity index (χ0n) is 21.7. The average molecular weight is 580 g/mol. The number of methoxy groups -OCH3 is 1. The predicted molar refractivity (Wildman–Crippen MR) is 154 cm³/mol. The molecule has 0 aliphatic rings. The number of nitrogens with zero attached hydrogens (tertiary/aromatic N) is 3. The lowest BCUT2D eigenvalue weighted by Crippen LogP contribution is -2.20. The first-order valence-corrected chi connectivity index (χ1v) is 12.9. The first-order chi connectivity index (χ1) is 19.2. The molecule has 0 atom stereocenters. The Balaban J connectivity index is 1.63. The van der Waals surface area contributed by atoms with Gasteiger partial charge in [-0.15, -0.1) is 0 Å². The maximum absolute atomic E-state index is 13.6. The number of fused-ring (bicyclic) bond motifs is 2. The number of hydrogen-bond donors (Lipinski definition) is 0. The number of carbonyl (C=O) groups excluding carboxylic acids is 1. The molecule has 0 saturated heterocycles. The van der Waals surface area contributed by atoms with Crippen LogP contribution in [0.25, 0.3) is 33.5 Å². The molecule has 5 rings (SSSR count). The van der Waals surface area contributed by atoms with E-state index in [1.807, 2.05) is 0 Å². The van der Waals surface area contributed by atoms with E-state index in [2.05, 4.69) is 10.1 Å². The lowest BCUT2D eigenvalue weighted by Gasteiger charge is -2.14. The Hall–Kier alpha value is -4.34. The summed E-state index contributed by atoms with van der Waals surface area (Å²) in [6, 6.07) is 17.0. The largest absolute Gasteiger partial charge is 0.493 e. The number of benzene rings is 3. The molecule has 9 nitrogen and oxygen atoms in total. The van der Waals surface area contributed by atoms with Crippen LogP contribution >= 0.6 is 23.2 Å². The molecule has 40 heavy (non-hydrogen) atoms. The topological polar surface area (TPSA) is 105 Å². The third-order valence-electron chi connectivity index (χ3n) is 5.73. The summed E-state index contributed by atoms with van der Waals surface area (Å²) >= 11 is 12.5. The highest BCUT2D eigenvalue weighted by atomic mass is 35.5. The van der Waals surface area contributed by atoms with Crippen LogP contribution in [0.1, 0.15) is 19.4 Å². The summed E-state index contributed by atoms with van der Waals surface area (Å²) in [5, 5.41) is 6.43. The molecular formula is C29H23Cl2N3O6. The van der Waals surface area contributed by atoms with E-state index in [9.17, 15) is 9.59 Å². The van der Waals surface area contributed by atoms with E-state index >= 15 is 0 Å². The fraction of sp³-hybridized carbons (Fsp3) is 0.172. The molecule has 2 aromatic heterocycles. The van der Waals surface area contributed by atoms with Gasteiger partial charge in [-0.1, -0.05) is 35.3 Å². The molecule has 0 amide bonds. The molecule has 0 fully saturated rings. The Morgan fingerprint density at radius 3 is 2.67 bits per heavy atom. The normalized spacial score (nSPS) is 11.6. The van der Waals surface area contributed by atoms with Gasteiger partial charge >= 0.3 is 5.97 Å². The second-order valence-corrected chi connectivity index (χ2v) is 9.83. The summed E-state index contributed by atoms with van der Waals surface area (Å²) in [7, 11) is 1.44. The monoisotopic (exact) mass is 579 g/mol. The van der Waals surface area contributed by atoms with Gasteiger partial charge in [0.05, 0.1) is 30.3 Å². The van der Waals surface area contributed by atoms with Gasteiger partial charge in [0.1, 0.15) is 5.58 Å². The van der Waals surface area contributed by atoms with Crippen molar-refractivity contribution in [1.82, 2.24) is 9.66 Å². The van der Waals surface area contributed by atoms with Crippen LogP contribution in [0.3, 0.4) is 0 Å². The number of hydrogen-bond acceptors (Lipinski definition) is 8. The van der Waals surface area contributed by atoms with Crippen LogP contribution in [-0.2, 0) is 9.53 Å². The van der Waals surface area contributed by atoms with Crippen LogP contribution in [0.2, 0.25) is 10.0 Å². The van der Waals surface area contributed by atoms with E-state index in [1.165, 1.54) is 19.4 Å². The van der Waals surface area contributed by atoms with Crippen molar-refractivity contribution in [2.24, 2.45) is 5.10 Å². The van der Waals surface area contributed by atoms with Gasteiger partial charge in [-0.25, -0.2) is 9.78 Å². The SMILES string of the molecule is COc1cc(Cl)cc(C=Nn2c(-c3cc4cc(Cl)ccc4o3)nc3ccccc3c2=O)c1OCC(=O)OC(C)C. The molecule has 2 heterocycles. The van der Waals surface area contributed by atoms with Gasteiger partial charge in [0.2, 0.25) is 5.82 Å². The summed E-state index contributed by atoms with van der Waals surface area (Å²) in [6.07, 6.45) is 1.07. The number of rotatable bonds is 8. The maximum Gasteiger partial charge on any atom is 0.344 e. The average Bonchev–Trinajstić information content (AvgIpc) is 3.34. The first-order valence-electron chi connectivity index (χ1n) is 12.2. The highest BCUT2D eigenvalue weighted by molar-refractivity contribution is 6.31. The van der Waals surface area contributed by atoms with Gasteiger partial charge in [-0.2, -0.15) is 9.78 Å². The molecule has 3 aromatic carbocycles. The number of carbonyl (C=O) groups is 1. The lowest BCUT2D eigenvalue weighted by atomic mass is 10.2. The molecule has 0 spiro atoms. The predicted octanol–water partition coefficient (Wildman–Crippen LogP) is 6.34. The Morgan fingerprint density at radius 1 is 1.10 bits per heavy atom. The highest BCUT2D eigenvalue weighted by Gasteiger charge is 2.18. The van der Waals surface area contributed by atoms with E-state index in [0.717, 1.165) is 10.1 Å². The van der Waals surface area contributed by atoms with Gasteiger partial charge in [-0.3, -0.25) is 4.79 Å². The van der Waals surface area contributed by atoms with Crippen LogP contribution in [0.4, 0.5) is 0 Å². The molecule has 11 heteroatoms. The van der Waals surface area contributed by atoms with Crippen molar-refractivity contribution in [3.05, 3.63) is 86.6 Å². The number of halogens is 2. The van der Waals surface area contributed by atoms with E-state index in [-0.39, 0.29) is 30.0 Å². The minimum Gasteiger partial charge on any atom is -0.493 e. The minimum absolute atomic E-state index is 0.171. The summed E-state index contributed by atoms with van der Waals surface area (Å²) in [5.41, 5.74) is 0.974. The number of ether oxygens (including phenoxy) is 3. The number of aromatic nitrogens is 2. The van der Waals surface area contributed by atoms with Crippen LogP contribution in [0.5, 0.6) is 11.5 Å². The van der Waals surface area contributed by atoms with E-state index in [0.29, 0.717) is 37.9 Å². The van der Waals surface area contributed by atoms with Crippen molar-refractivity contribution in [3.8, 4) is 23.1 Å². The Kier molecular flexibility index (Phi) is 7.77. The quantitative estimate of drug-likeness (QED) is 0.156. The third kappa shape index (κ3) is 5.66. The van der Waals surface area contributed by atoms with E-state index in [4.69, 9.17) is 41.8 Å². The molecule has 204 valence electrons. The maximum atomic E-state index is 13.6. The van der Waals surface area contributed by atoms with Gasteiger partial charge in [0, 0.05) is 27.1 Å². The van der Waals surface area contributed by atoms with Gasteiger partial charge < -0.3 is 18.6 Å². The highest BCUT2D eigenvalue weighted by Crippen LogP contribution is 2.34. The standard InChI is InChI=1S/C29H23Cl2N3O6/c1-16(2)39-26(35)15-38-27-18(11-20(31)13-24(27)37-3)14-32-34-28(33-22-7-5-4-6-21(22)29(34)36)25-12-17-10-19(30)8-9-23(17)40-25/h4-14,16H,15H2,1-3H3. The summed E-state index contributed by atoms with van der Waals surface area (Å²) in [5.74, 6) is 0.387. The molecule has 0 N–H and O–H groups in total. The van der Waals surface area contributed by atoms with Crippen molar-refractivity contribution in [2.75, 3.05) is 13.7 Å². The van der Waals surface area contributed by atoms with Crippen molar-refractivity contribution in [2.45, 2.75) is 20.0 Å². The van der Waals surface area contributed by atoms with Crippen molar-refractivity contribution >= 4 is 57.3 Å². The van der Waals surface area contributed by atoms with Crippen molar-refractivity contribution in [1.29, 1.82) is 0 Å². The second-order valence-electron chi connectivity index (χ2n) is 8.96. The van der Waals surface area contributed by atoms with E-state index < -0.39 is 11.5 Å². The van der Waals surface area contributed by atoms with E-state index in [1.54, 1.807) is 68.4 Å². The number of furan rings is 1. The fourth-order valence-corrected chi connectivity index (χ4v) is 4.45. The summed E-state index contributed by atoms with van der Waals surface area (Å²) in [6.45, 7) is 3.10. The molecule has 0 radical (unpaired) electrons. The smallest absolute Gasteiger partial charge is 0.344 e. The fourth-order valence-electron chi connectivity index (χ4n) is 4.05. The molecule has 0 saturated carbocycles. The van der Waals surface area contributed by atoms with Gasteiger partial charge in [-0.05, 0) is 56.3 Å². The molecule has 0 unspecified atom stereocenters. The first kappa shape index (κ1) is 27.2. The molecule has 0 bridgehead atoms. The van der Waals surface area contributed by atoms with Crippen molar-refractivity contribution < 1.29 is 23.4 Å². The van der Waals surface area contributed by atoms with Crippen LogP contribution in [-0.4, -0.2) is 41.7 Å². The van der Waals surface area contributed by atoms with Gasteiger partial charge in [0.25, 0.3) is 5.56 Å². The van der Waals surface area contributed by atoms with Gasteiger partial charge in [0.15, 0.2) is 23.9 Å². The molecule has 0 aliphatic carbocycles. The number of esters is 1. The number of para-hydroxylation sites is 1. The minimum atomic E-state index is -0.558.